The molecule has 4 aromatic rings. The first-order valence-electron chi connectivity index (χ1n) is 7.65. The Kier molecular flexibility index (Phi) is 3.87. The molecule has 2 aromatic carbocycles. The second-order valence-corrected chi connectivity index (χ2v) is 6.39. The van der Waals surface area contributed by atoms with Crippen LogP contribution in [0, 0.1) is 0 Å². The molecule has 0 aliphatic heterocycles. The highest BCUT2D eigenvalue weighted by molar-refractivity contribution is 7.12. The third kappa shape index (κ3) is 3.07. The van der Waals surface area contributed by atoms with Crippen LogP contribution in [0.1, 0.15) is 9.67 Å². The predicted octanol–water partition coefficient (Wildman–Crippen LogP) is 3.90. The largest absolute Gasteiger partial charge is 0.321 e. The summed E-state index contributed by atoms with van der Waals surface area (Å²) in [5.41, 5.74) is 2.73. The molecule has 0 spiro atoms. The molecule has 1 amide bonds. The number of thiophene rings is 1. The zero-order valence-electron chi connectivity index (χ0n) is 13.0. The number of hydrogen-bond donors (Lipinski definition) is 2. The topological polar surface area (TPSA) is 74.8 Å². The van der Waals surface area contributed by atoms with Crippen molar-refractivity contribution in [3.8, 4) is 11.3 Å². The summed E-state index contributed by atoms with van der Waals surface area (Å²) < 4.78 is 0. The van der Waals surface area contributed by atoms with Crippen LogP contribution in [0.3, 0.4) is 0 Å². The van der Waals surface area contributed by atoms with Crippen LogP contribution in [0.2, 0.25) is 0 Å². The van der Waals surface area contributed by atoms with E-state index in [-0.39, 0.29) is 11.5 Å². The predicted molar refractivity (Wildman–Crippen MR) is 100 cm³/mol. The lowest BCUT2D eigenvalue weighted by molar-refractivity contribution is 0.103. The van der Waals surface area contributed by atoms with Gasteiger partial charge in [0.25, 0.3) is 11.5 Å². The Bertz CT molecular complexity index is 1120. The van der Waals surface area contributed by atoms with Crippen LogP contribution in [0.15, 0.2) is 70.8 Å². The smallest absolute Gasteiger partial charge is 0.274 e. The molecule has 2 heterocycles. The molecule has 5 nitrogen and oxygen atoms in total. The van der Waals surface area contributed by atoms with E-state index in [1.807, 2.05) is 35.7 Å². The highest BCUT2D eigenvalue weighted by Crippen LogP contribution is 2.21. The maximum absolute atomic E-state index is 12.4. The summed E-state index contributed by atoms with van der Waals surface area (Å²) in [7, 11) is 0. The maximum atomic E-state index is 12.4. The van der Waals surface area contributed by atoms with Gasteiger partial charge in [0.1, 0.15) is 5.69 Å². The molecular weight excluding hydrogens is 334 g/mol. The summed E-state index contributed by atoms with van der Waals surface area (Å²) in [5.74, 6) is -0.174. The molecule has 2 aromatic heterocycles. The number of hydrogen-bond acceptors (Lipinski definition) is 4. The number of anilines is 1. The Labute approximate surface area is 147 Å². The number of rotatable bonds is 3. The van der Waals surface area contributed by atoms with Crippen LogP contribution < -0.4 is 10.9 Å². The first-order chi connectivity index (χ1) is 12.2. The molecule has 0 atom stereocenters. The van der Waals surface area contributed by atoms with Crippen molar-refractivity contribution >= 4 is 34.0 Å². The van der Waals surface area contributed by atoms with E-state index >= 15 is 0 Å². The lowest BCUT2D eigenvalue weighted by Crippen LogP contribution is -2.12. The maximum Gasteiger partial charge on any atom is 0.274 e. The summed E-state index contributed by atoms with van der Waals surface area (Å²) in [6.45, 7) is 0. The van der Waals surface area contributed by atoms with Gasteiger partial charge in [0.05, 0.1) is 15.9 Å². The number of aromatic nitrogens is 2. The monoisotopic (exact) mass is 347 g/mol. The molecule has 0 aliphatic rings. The van der Waals surface area contributed by atoms with Crippen molar-refractivity contribution in [1.29, 1.82) is 0 Å². The zero-order valence-corrected chi connectivity index (χ0v) is 13.8. The average Bonchev–Trinajstić information content (AvgIpc) is 3.16. The van der Waals surface area contributed by atoms with Crippen molar-refractivity contribution in [3.63, 3.8) is 0 Å². The number of para-hydroxylation sites is 2. The number of amides is 1. The minimum atomic E-state index is -0.263. The molecule has 0 unspecified atom stereocenters. The van der Waals surface area contributed by atoms with Crippen molar-refractivity contribution in [3.05, 3.63) is 81.3 Å². The highest BCUT2D eigenvalue weighted by Gasteiger charge is 2.10. The van der Waals surface area contributed by atoms with Gasteiger partial charge in [-0.05, 0) is 35.7 Å². The van der Waals surface area contributed by atoms with Gasteiger partial charge in [-0.3, -0.25) is 9.59 Å². The van der Waals surface area contributed by atoms with E-state index in [4.69, 9.17) is 0 Å². The van der Waals surface area contributed by atoms with Gasteiger partial charge in [-0.15, -0.1) is 11.3 Å². The van der Waals surface area contributed by atoms with Gasteiger partial charge in [0.15, 0.2) is 0 Å². The molecule has 0 fully saturated rings. The number of H-pyrrole nitrogens is 1. The molecule has 0 bridgehead atoms. The van der Waals surface area contributed by atoms with Crippen LogP contribution in [0.5, 0.6) is 0 Å². The zero-order chi connectivity index (χ0) is 17.2. The Balaban J connectivity index is 1.71. The van der Waals surface area contributed by atoms with Gasteiger partial charge in [0.2, 0.25) is 0 Å². The van der Waals surface area contributed by atoms with Crippen molar-refractivity contribution in [2.45, 2.75) is 0 Å². The lowest BCUT2D eigenvalue weighted by atomic mass is 10.1. The molecule has 6 heteroatoms. The normalized spacial score (nSPS) is 10.7. The Hall–Kier alpha value is -3.25. The van der Waals surface area contributed by atoms with Crippen LogP contribution in [-0.2, 0) is 0 Å². The minimum absolute atomic E-state index is 0.174. The second-order valence-electron chi connectivity index (χ2n) is 5.44. The fourth-order valence-corrected chi connectivity index (χ4v) is 3.19. The molecule has 0 aliphatic carbocycles. The van der Waals surface area contributed by atoms with E-state index in [0.29, 0.717) is 32.9 Å². The fraction of sp³-hybridized carbons (Fsp3) is 0. The van der Waals surface area contributed by atoms with Crippen molar-refractivity contribution in [2.24, 2.45) is 0 Å². The number of benzene rings is 2. The van der Waals surface area contributed by atoms with E-state index in [0.717, 1.165) is 0 Å². The van der Waals surface area contributed by atoms with E-state index in [2.05, 4.69) is 15.3 Å². The summed E-state index contributed by atoms with van der Waals surface area (Å²) in [4.78, 5) is 32.5. The van der Waals surface area contributed by atoms with E-state index in [9.17, 15) is 9.59 Å². The van der Waals surface area contributed by atoms with Crippen LogP contribution in [0.4, 0.5) is 5.69 Å². The van der Waals surface area contributed by atoms with Gasteiger partial charge < -0.3 is 10.3 Å². The lowest BCUT2D eigenvalue weighted by Gasteiger charge is -2.07. The number of nitrogens with zero attached hydrogens (tertiary/aromatic N) is 1. The Morgan fingerprint density at radius 2 is 1.92 bits per heavy atom. The molecule has 25 heavy (non-hydrogen) atoms. The second kappa shape index (κ2) is 6.33. The quantitative estimate of drug-likeness (QED) is 0.590. The number of fused-ring (bicyclic) bond motifs is 1. The minimum Gasteiger partial charge on any atom is -0.321 e. The van der Waals surface area contributed by atoms with Gasteiger partial charge in [-0.2, -0.15) is 0 Å². The van der Waals surface area contributed by atoms with Crippen molar-refractivity contribution in [1.82, 2.24) is 9.97 Å². The van der Waals surface area contributed by atoms with Gasteiger partial charge >= 0.3 is 0 Å². The molecule has 0 saturated heterocycles. The molecular formula is C19H13N3O2S. The summed E-state index contributed by atoms with van der Waals surface area (Å²) in [6.07, 6.45) is 0. The standard InChI is InChI=1S/C19H13N3O2S/c23-18(16-9-4-10-25-16)20-13-6-3-5-12(11-13)17-19(24)22-15-8-2-1-7-14(15)21-17/h1-11H,(H,20,23)(H,22,24). The van der Waals surface area contributed by atoms with Crippen LogP contribution >= 0.6 is 11.3 Å². The third-order valence-electron chi connectivity index (χ3n) is 3.74. The van der Waals surface area contributed by atoms with Gasteiger partial charge in [-0.25, -0.2) is 4.98 Å². The molecule has 0 saturated carbocycles. The first-order valence-corrected chi connectivity index (χ1v) is 8.53. The number of carbonyl (C=O) groups excluding carboxylic acids is 1. The molecule has 122 valence electrons. The molecule has 2 N–H and O–H groups in total. The van der Waals surface area contributed by atoms with Crippen molar-refractivity contribution in [2.75, 3.05) is 5.32 Å². The Morgan fingerprint density at radius 3 is 2.76 bits per heavy atom. The molecule has 4 rings (SSSR count). The van der Waals surface area contributed by atoms with E-state index in [1.165, 1.54) is 11.3 Å². The van der Waals surface area contributed by atoms with E-state index in [1.54, 1.807) is 30.3 Å². The number of aromatic amines is 1. The van der Waals surface area contributed by atoms with Crippen molar-refractivity contribution < 1.29 is 4.79 Å². The average molecular weight is 347 g/mol. The van der Waals surface area contributed by atoms with Gasteiger partial charge in [0, 0.05) is 11.3 Å². The Morgan fingerprint density at radius 1 is 1.04 bits per heavy atom. The summed E-state index contributed by atoms with van der Waals surface area (Å²) in [6, 6.07) is 18.1. The molecule has 0 radical (unpaired) electrons. The van der Waals surface area contributed by atoms with Crippen LogP contribution in [0.25, 0.3) is 22.3 Å². The number of carbonyl (C=O) groups is 1. The fourth-order valence-electron chi connectivity index (χ4n) is 2.57. The summed E-state index contributed by atoms with van der Waals surface area (Å²) in [5, 5.41) is 4.69. The first kappa shape index (κ1) is 15.3. The highest BCUT2D eigenvalue weighted by atomic mass is 32.1. The number of nitrogens with one attached hydrogen (secondary N) is 2. The summed E-state index contributed by atoms with van der Waals surface area (Å²) >= 11 is 1.38. The van der Waals surface area contributed by atoms with Gasteiger partial charge in [-0.1, -0.05) is 30.3 Å². The van der Waals surface area contributed by atoms with E-state index < -0.39 is 0 Å². The SMILES string of the molecule is O=C(Nc1cccc(-c2nc3ccccc3[nH]c2=O)c1)c1cccs1. The third-order valence-corrected chi connectivity index (χ3v) is 4.61. The van der Waals surface area contributed by atoms with Crippen LogP contribution in [-0.4, -0.2) is 15.9 Å².